The van der Waals surface area contributed by atoms with E-state index in [2.05, 4.69) is 5.32 Å². The maximum absolute atomic E-state index is 12.2. The van der Waals surface area contributed by atoms with Crippen LogP contribution in [0.3, 0.4) is 0 Å². The van der Waals surface area contributed by atoms with Crippen LogP contribution in [-0.2, 0) is 4.79 Å². The molecule has 0 bridgehead atoms. The minimum Gasteiger partial charge on any atom is -0.477 e. The van der Waals surface area contributed by atoms with E-state index in [1.807, 2.05) is 61.5 Å². The molecule has 142 valence electrons. The molecule has 0 aliphatic rings. The first-order valence-corrected chi connectivity index (χ1v) is 8.85. The molecule has 1 atom stereocenters. The maximum atomic E-state index is 12.2. The molecule has 1 amide bonds. The molecule has 1 N–H and O–H groups in total. The summed E-state index contributed by atoms with van der Waals surface area (Å²) < 4.78 is 5.32. The van der Waals surface area contributed by atoms with Crippen LogP contribution in [0.15, 0.2) is 78.9 Å². The van der Waals surface area contributed by atoms with E-state index >= 15 is 0 Å². The minimum absolute atomic E-state index is 0.0718. The SMILES string of the molecule is C[C@H](NC(=O)COc1ccccc1[N+](=O)[O-])c1ccc(-c2ccccc2)cc1. The Morgan fingerprint density at radius 3 is 2.25 bits per heavy atom. The van der Waals surface area contributed by atoms with Crippen molar-refractivity contribution in [1.29, 1.82) is 0 Å². The lowest BCUT2D eigenvalue weighted by atomic mass is 10.0. The summed E-state index contributed by atoms with van der Waals surface area (Å²) in [7, 11) is 0. The van der Waals surface area contributed by atoms with Crippen LogP contribution in [0, 0.1) is 10.1 Å². The molecule has 0 saturated heterocycles. The third kappa shape index (κ3) is 4.73. The van der Waals surface area contributed by atoms with Crippen LogP contribution in [0.1, 0.15) is 18.5 Å². The molecule has 0 fully saturated rings. The van der Waals surface area contributed by atoms with E-state index in [4.69, 9.17) is 4.74 Å². The maximum Gasteiger partial charge on any atom is 0.310 e. The predicted octanol–water partition coefficient (Wildman–Crippen LogP) is 4.52. The van der Waals surface area contributed by atoms with Crippen LogP contribution >= 0.6 is 0 Å². The molecule has 0 aliphatic heterocycles. The van der Waals surface area contributed by atoms with E-state index in [1.54, 1.807) is 12.1 Å². The van der Waals surface area contributed by atoms with Crippen molar-refractivity contribution in [2.24, 2.45) is 0 Å². The highest BCUT2D eigenvalue weighted by Crippen LogP contribution is 2.26. The van der Waals surface area contributed by atoms with Gasteiger partial charge in [-0.2, -0.15) is 0 Å². The number of hydrogen-bond acceptors (Lipinski definition) is 4. The average molecular weight is 376 g/mol. The van der Waals surface area contributed by atoms with Crippen molar-refractivity contribution < 1.29 is 14.5 Å². The third-order valence-electron chi connectivity index (χ3n) is 4.32. The number of nitro groups is 1. The zero-order chi connectivity index (χ0) is 19.9. The highest BCUT2D eigenvalue weighted by Gasteiger charge is 2.16. The molecular formula is C22H20N2O4. The number of hydrogen-bond donors (Lipinski definition) is 1. The Hall–Kier alpha value is -3.67. The summed E-state index contributed by atoms with van der Waals surface area (Å²) in [6.07, 6.45) is 0. The molecule has 0 aromatic heterocycles. The zero-order valence-corrected chi connectivity index (χ0v) is 15.4. The summed E-state index contributed by atoms with van der Waals surface area (Å²) in [5.74, 6) is -0.277. The van der Waals surface area contributed by atoms with Crippen molar-refractivity contribution in [1.82, 2.24) is 5.32 Å². The predicted molar refractivity (Wildman–Crippen MR) is 107 cm³/mol. The summed E-state index contributed by atoms with van der Waals surface area (Å²) >= 11 is 0. The van der Waals surface area contributed by atoms with Crippen molar-refractivity contribution in [3.8, 4) is 16.9 Å². The van der Waals surface area contributed by atoms with Crippen LogP contribution in [0.2, 0.25) is 0 Å². The fourth-order valence-electron chi connectivity index (χ4n) is 2.83. The van der Waals surface area contributed by atoms with E-state index in [0.29, 0.717) is 0 Å². The number of amides is 1. The van der Waals surface area contributed by atoms with Crippen molar-refractivity contribution in [3.05, 3.63) is 94.5 Å². The molecule has 6 nitrogen and oxygen atoms in total. The molecule has 0 unspecified atom stereocenters. The van der Waals surface area contributed by atoms with Crippen molar-refractivity contribution >= 4 is 11.6 Å². The number of nitro benzene ring substituents is 1. The Morgan fingerprint density at radius 1 is 0.964 bits per heavy atom. The summed E-state index contributed by atoms with van der Waals surface area (Å²) in [6.45, 7) is 1.58. The van der Waals surface area contributed by atoms with E-state index in [9.17, 15) is 14.9 Å². The summed E-state index contributed by atoms with van der Waals surface area (Å²) in [5, 5.41) is 13.8. The fourth-order valence-corrected chi connectivity index (χ4v) is 2.83. The molecule has 3 rings (SSSR count). The van der Waals surface area contributed by atoms with Gasteiger partial charge in [0, 0.05) is 6.07 Å². The fraction of sp³-hybridized carbons (Fsp3) is 0.136. The van der Waals surface area contributed by atoms with Crippen molar-refractivity contribution in [2.45, 2.75) is 13.0 Å². The lowest BCUT2D eigenvalue weighted by Crippen LogP contribution is -2.31. The topological polar surface area (TPSA) is 81.5 Å². The number of para-hydroxylation sites is 2. The minimum atomic E-state index is -0.538. The molecule has 3 aromatic rings. The van der Waals surface area contributed by atoms with E-state index in [-0.39, 0.29) is 30.0 Å². The second-order valence-corrected chi connectivity index (χ2v) is 6.29. The Kier molecular flexibility index (Phi) is 6.01. The molecule has 0 radical (unpaired) electrons. The van der Waals surface area contributed by atoms with Crippen molar-refractivity contribution in [2.75, 3.05) is 6.61 Å². The zero-order valence-electron chi connectivity index (χ0n) is 15.4. The quantitative estimate of drug-likeness (QED) is 0.486. The Bertz CT molecular complexity index is 956. The average Bonchev–Trinajstić information content (AvgIpc) is 2.73. The number of carbonyl (C=O) groups excluding carboxylic acids is 1. The van der Waals surface area contributed by atoms with Gasteiger partial charge in [-0.05, 0) is 29.7 Å². The van der Waals surface area contributed by atoms with Gasteiger partial charge < -0.3 is 10.1 Å². The van der Waals surface area contributed by atoms with Gasteiger partial charge in [0.05, 0.1) is 11.0 Å². The van der Waals surface area contributed by atoms with Crippen LogP contribution in [-0.4, -0.2) is 17.4 Å². The lowest BCUT2D eigenvalue weighted by molar-refractivity contribution is -0.385. The second-order valence-electron chi connectivity index (χ2n) is 6.29. The van der Waals surface area contributed by atoms with Crippen LogP contribution in [0.4, 0.5) is 5.69 Å². The number of benzene rings is 3. The second kappa shape index (κ2) is 8.81. The van der Waals surface area contributed by atoms with Gasteiger partial charge in [0.25, 0.3) is 5.91 Å². The number of nitrogens with zero attached hydrogens (tertiary/aromatic N) is 1. The Balaban J connectivity index is 1.58. The normalized spacial score (nSPS) is 11.5. The molecule has 3 aromatic carbocycles. The summed E-state index contributed by atoms with van der Waals surface area (Å²) in [6, 6.07) is 23.8. The van der Waals surface area contributed by atoms with E-state index in [1.165, 1.54) is 12.1 Å². The molecular weight excluding hydrogens is 356 g/mol. The van der Waals surface area contributed by atoms with Crippen LogP contribution in [0.25, 0.3) is 11.1 Å². The summed E-state index contributed by atoms with van der Waals surface area (Å²) in [5.41, 5.74) is 3.02. The molecule has 28 heavy (non-hydrogen) atoms. The molecule has 0 spiro atoms. The van der Waals surface area contributed by atoms with Crippen LogP contribution < -0.4 is 10.1 Å². The molecule has 6 heteroatoms. The number of rotatable bonds is 7. The molecule has 0 aliphatic carbocycles. The number of ether oxygens (including phenoxy) is 1. The van der Waals surface area contributed by atoms with Gasteiger partial charge in [-0.25, -0.2) is 0 Å². The first-order chi connectivity index (χ1) is 13.5. The van der Waals surface area contributed by atoms with E-state index < -0.39 is 4.92 Å². The van der Waals surface area contributed by atoms with Gasteiger partial charge >= 0.3 is 5.69 Å². The monoisotopic (exact) mass is 376 g/mol. The highest BCUT2D eigenvalue weighted by molar-refractivity contribution is 5.78. The first kappa shape index (κ1) is 19.1. The smallest absolute Gasteiger partial charge is 0.310 e. The molecule has 0 heterocycles. The standard InChI is InChI=1S/C22H20N2O4/c1-16(17-11-13-19(14-12-17)18-7-3-2-4-8-18)23-22(25)15-28-21-10-6-5-9-20(21)24(26)27/h2-14,16H,15H2,1H3,(H,23,25)/t16-/m0/s1. The van der Waals surface area contributed by atoms with Gasteiger partial charge in [0.2, 0.25) is 0 Å². The third-order valence-corrected chi connectivity index (χ3v) is 4.32. The van der Waals surface area contributed by atoms with Gasteiger partial charge in [0.15, 0.2) is 12.4 Å². The number of nitrogens with one attached hydrogen (secondary N) is 1. The van der Waals surface area contributed by atoms with Gasteiger partial charge in [-0.15, -0.1) is 0 Å². The molecule has 0 saturated carbocycles. The Labute approximate surface area is 162 Å². The highest BCUT2D eigenvalue weighted by atomic mass is 16.6. The lowest BCUT2D eigenvalue weighted by Gasteiger charge is -2.15. The Morgan fingerprint density at radius 2 is 1.57 bits per heavy atom. The summed E-state index contributed by atoms with van der Waals surface area (Å²) in [4.78, 5) is 22.6. The van der Waals surface area contributed by atoms with Gasteiger partial charge in [0.1, 0.15) is 0 Å². The first-order valence-electron chi connectivity index (χ1n) is 8.85. The van der Waals surface area contributed by atoms with Gasteiger partial charge in [-0.3, -0.25) is 14.9 Å². The van der Waals surface area contributed by atoms with Gasteiger partial charge in [-0.1, -0.05) is 66.7 Å². The largest absolute Gasteiger partial charge is 0.477 e. The van der Waals surface area contributed by atoms with E-state index in [0.717, 1.165) is 16.7 Å². The van der Waals surface area contributed by atoms with Crippen LogP contribution in [0.5, 0.6) is 5.75 Å². The number of carbonyl (C=O) groups is 1. The van der Waals surface area contributed by atoms with Crippen molar-refractivity contribution in [3.63, 3.8) is 0 Å².